The maximum atomic E-state index is 3.64. The summed E-state index contributed by atoms with van der Waals surface area (Å²) in [7, 11) is 0. The number of thioether (sulfide) groups is 1. The molecule has 1 saturated carbocycles. The molecule has 0 bridgehead atoms. The van der Waals surface area contributed by atoms with Crippen LogP contribution in [0.5, 0.6) is 0 Å². The number of aromatic nitrogens is 1. The van der Waals surface area contributed by atoms with Gasteiger partial charge in [0.1, 0.15) is 0 Å². The second-order valence-corrected chi connectivity index (χ2v) is 5.45. The lowest BCUT2D eigenvalue weighted by Gasteiger charge is -2.28. The van der Waals surface area contributed by atoms with Crippen molar-refractivity contribution in [3.63, 3.8) is 0 Å². The molecule has 2 nitrogen and oxygen atoms in total. The molecule has 0 aliphatic heterocycles. The zero-order chi connectivity index (χ0) is 10.5. The molecule has 0 spiro atoms. The van der Waals surface area contributed by atoms with E-state index in [-0.39, 0.29) is 0 Å². The summed E-state index contributed by atoms with van der Waals surface area (Å²) in [6.07, 6.45) is 11.7. The predicted octanol–water partition coefficient (Wildman–Crippen LogP) is 2.78. The van der Waals surface area contributed by atoms with Crippen LogP contribution < -0.4 is 5.32 Å². The number of H-pyrrole nitrogens is 1. The van der Waals surface area contributed by atoms with Crippen molar-refractivity contribution in [3.05, 3.63) is 24.0 Å². The van der Waals surface area contributed by atoms with Crippen molar-refractivity contribution < 1.29 is 0 Å². The Morgan fingerprint density at radius 1 is 1.40 bits per heavy atom. The van der Waals surface area contributed by atoms with Gasteiger partial charge in [0.25, 0.3) is 0 Å². The van der Waals surface area contributed by atoms with Crippen LogP contribution in [0.4, 0.5) is 0 Å². The van der Waals surface area contributed by atoms with Gasteiger partial charge in [0.2, 0.25) is 0 Å². The lowest BCUT2D eigenvalue weighted by Crippen LogP contribution is -2.33. The minimum Gasteiger partial charge on any atom is -0.367 e. The zero-order valence-corrected chi connectivity index (χ0v) is 10.1. The lowest BCUT2D eigenvalue weighted by molar-refractivity contribution is 0.379. The van der Waals surface area contributed by atoms with E-state index in [1.165, 1.54) is 31.2 Å². The molecule has 2 N–H and O–H groups in total. The largest absolute Gasteiger partial charge is 0.367 e. The van der Waals surface area contributed by atoms with Crippen molar-refractivity contribution in [2.75, 3.05) is 6.26 Å². The highest BCUT2D eigenvalue weighted by atomic mass is 32.2. The third kappa shape index (κ3) is 3.28. The van der Waals surface area contributed by atoms with Gasteiger partial charge in [0.05, 0.1) is 0 Å². The molecule has 84 valence electrons. The fourth-order valence-electron chi connectivity index (χ4n) is 2.23. The van der Waals surface area contributed by atoms with E-state index < -0.39 is 0 Å². The smallest absolute Gasteiger partial charge is 0.0223 e. The maximum absolute atomic E-state index is 3.64. The molecule has 1 aliphatic carbocycles. The van der Waals surface area contributed by atoms with E-state index in [1.54, 1.807) is 0 Å². The average Bonchev–Trinajstić information content (AvgIpc) is 2.80. The summed E-state index contributed by atoms with van der Waals surface area (Å²) in [6, 6.07) is 2.88. The number of hydrogen-bond acceptors (Lipinski definition) is 2. The summed E-state index contributed by atoms with van der Waals surface area (Å²) >= 11 is 2.03. The molecule has 0 aromatic carbocycles. The molecule has 2 rings (SSSR count). The molecule has 0 unspecified atom stereocenters. The minimum atomic E-state index is 0.739. The van der Waals surface area contributed by atoms with Gasteiger partial charge in [-0.15, -0.1) is 0 Å². The van der Waals surface area contributed by atoms with E-state index >= 15 is 0 Å². The van der Waals surface area contributed by atoms with Crippen molar-refractivity contribution >= 4 is 11.8 Å². The summed E-state index contributed by atoms with van der Waals surface area (Å²) in [6.45, 7) is 1.01. The Morgan fingerprint density at radius 3 is 2.80 bits per heavy atom. The number of hydrogen-bond donors (Lipinski definition) is 2. The number of aromatic amines is 1. The Morgan fingerprint density at radius 2 is 2.20 bits per heavy atom. The van der Waals surface area contributed by atoms with Crippen molar-refractivity contribution in [2.24, 2.45) is 0 Å². The van der Waals surface area contributed by atoms with Crippen LogP contribution in [0.3, 0.4) is 0 Å². The topological polar surface area (TPSA) is 27.8 Å². The predicted molar refractivity (Wildman–Crippen MR) is 67.2 cm³/mol. The Kier molecular flexibility index (Phi) is 4.15. The van der Waals surface area contributed by atoms with E-state index in [0.717, 1.165) is 17.8 Å². The molecule has 0 radical (unpaired) electrons. The van der Waals surface area contributed by atoms with Gasteiger partial charge in [-0.25, -0.2) is 0 Å². The van der Waals surface area contributed by atoms with Crippen LogP contribution in [0.25, 0.3) is 0 Å². The zero-order valence-electron chi connectivity index (χ0n) is 9.33. The molecule has 15 heavy (non-hydrogen) atoms. The summed E-state index contributed by atoms with van der Waals surface area (Å²) in [4.78, 5) is 3.09. The Balaban J connectivity index is 1.69. The summed E-state index contributed by atoms with van der Waals surface area (Å²) in [5, 5.41) is 4.55. The van der Waals surface area contributed by atoms with Gasteiger partial charge in [-0.05, 0) is 43.6 Å². The molecule has 1 aliphatic rings. The van der Waals surface area contributed by atoms with Gasteiger partial charge in [0.15, 0.2) is 0 Å². The first kappa shape index (κ1) is 11.1. The number of rotatable bonds is 4. The SMILES string of the molecule is CSC1CCC(NCc2cc[nH]c2)CC1. The van der Waals surface area contributed by atoms with E-state index in [1.807, 2.05) is 18.0 Å². The Hall–Kier alpha value is -0.410. The highest BCUT2D eigenvalue weighted by Crippen LogP contribution is 2.26. The Labute approximate surface area is 96.2 Å². The lowest BCUT2D eigenvalue weighted by atomic mass is 9.95. The van der Waals surface area contributed by atoms with Crippen molar-refractivity contribution in [1.82, 2.24) is 10.3 Å². The highest BCUT2D eigenvalue weighted by molar-refractivity contribution is 7.99. The van der Waals surface area contributed by atoms with Crippen LogP contribution in [0.15, 0.2) is 18.5 Å². The van der Waals surface area contributed by atoms with E-state index in [0.29, 0.717) is 0 Å². The van der Waals surface area contributed by atoms with Gasteiger partial charge in [-0.1, -0.05) is 0 Å². The van der Waals surface area contributed by atoms with Crippen molar-refractivity contribution in [3.8, 4) is 0 Å². The minimum absolute atomic E-state index is 0.739. The molecule has 1 fully saturated rings. The standard InChI is InChI=1S/C12H20N2S/c1-15-12-4-2-11(3-5-12)14-9-10-6-7-13-8-10/h6-8,11-14H,2-5,9H2,1H3. The summed E-state index contributed by atoms with van der Waals surface area (Å²) in [5.74, 6) is 0. The van der Waals surface area contributed by atoms with E-state index in [9.17, 15) is 0 Å². The van der Waals surface area contributed by atoms with Gasteiger partial charge < -0.3 is 10.3 Å². The van der Waals surface area contributed by atoms with Crippen LogP contribution in [-0.4, -0.2) is 22.5 Å². The number of nitrogens with one attached hydrogen (secondary N) is 2. The molecule has 0 saturated heterocycles. The van der Waals surface area contributed by atoms with Crippen molar-refractivity contribution in [1.29, 1.82) is 0 Å². The van der Waals surface area contributed by atoms with Gasteiger partial charge in [0, 0.05) is 30.2 Å². The molecule has 3 heteroatoms. The van der Waals surface area contributed by atoms with Gasteiger partial charge in [-0.3, -0.25) is 0 Å². The molecular formula is C12H20N2S. The molecule has 0 atom stereocenters. The van der Waals surface area contributed by atoms with Crippen LogP contribution in [0, 0.1) is 0 Å². The molecule has 0 amide bonds. The Bertz CT molecular complexity index is 263. The first-order valence-electron chi connectivity index (χ1n) is 5.76. The quantitative estimate of drug-likeness (QED) is 0.823. The van der Waals surface area contributed by atoms with Gasteiger partial charge in [-0.2, -0.15) is 11.8 Å². The van der Waals surface area contributed by atoms with Crippen LogP contribution >= 0.6 is 11.8 Å². The second-order valence-electron chi connectivity index (χ2n) is 4.31. The first-order chi connectivity index (χ1) is 7.38. The molecule has 1 aromatic rings. The van der Waals surface area contributed by atoms with E-state index in [4.69, 9.17) is 0 Å². The first-order valence-corrected chi connectivity index (χ1v) is 7.05. The highest BCUT2D eigenvalue weighted by Gasteiger charge is 2.19. The molecule has 1 heterocycles. The normalized spacial score (nSPS) is 26.7. The third-order valence-electron chi connectivity index (χ3n) is 3.26. The van der Waals surface area contributed by atoms with Crippen LogP contribution in [-0.2, 0) is 6.54 Å². The van der Waals surface area contributed by atoms with Crippen molar-refractivity contribution in [2.45, 2.75) is 43.5 Å². The molecular weight excluding hydrogens is 204 g/mol. The van der Waals surface area contributed by atoms with Gasteiger partial charge >= 0.3 is 0 Å². The third-order valence-corrected chi connectivity index (χ3v) is 4.40. The fourth-order valence-corrected chi connectivity index (χ4v) is 2.98. The fraction of sp³-hybridized carbons (Fsp3) is 0.667. The van der Waals surface area contributed by atoms with E-state index in [2.05, 4.69) is 28.8 Å². The van der Waals surface area contributed by atoms with Crippen LogP contribution in [0.1, 0.15) is 31.2 Å². The van der Waals surface area contributed by atoms with Crippen LogP contribution in [0.2, 0.25) is 0 Å². The summed E-state index contributed by atoms with van der Waals surface area (Å²) < 4.78 is 0. The maximum Gasteiger partial charge on any atom is 0.0223 e. The summed E-state index contributed by atoms with van der Waals surface area (Å²) in [5.41, 5.74) is 1.36. The monoisotopic (exact) mass is 224 g/mol. The average molecular weight is 224 g/mol. The molecule has 1 aromatic heterocycles. The second kappa shape index (κ2) is 5.61.